The van der Waals surface area contributed by atoms with Gasteiger partial charge in [0.05, 0.1) is 22.5 Å². The second-order valence-electron chi connectivity index (χ2n) is 9.37. The lowest BCUT2D eigenvalue weighted by Crippen LogP contribution is -2.51. The van der Waals surface area contributed by atoms with Crippen molar-refractivity contribution in [2.45, 2.75) is 84.2 Å². The van der Waals surface area contributed by atoms with Crippen molar-refractivity contribution in [3.8, 4) is 0 Å². The number of aromatic nitrogens is 1. The van der Waals surface area contributed by atoms with Gasteiger partial charge in [0, 0.05) is 30.6 Å². The molecule has 0 saturated carbocycles. The smallest absolute Gasteiger partial charge is 0.230 e. The maximum atomic E-state index is 13.7. The fourth-order valence-electron chi connectivity index (χ4n) is 5.68. The highest BCUT2D eigenvalue weighted by molar-refractivity contribution is 7.09. The van der Waals surface area contributed by atoms with Crippen LogP contribution in [0.4, 0.5) is 0 Å². The van der Waals surface area contributed by atoms with Crippen LogP contribution >= 0.6 is 11.3 Å². The summed E-state index contributed by atoms with van der Waals surface area (Å²) in [6.07, 6.45) is 7.46. The molecule has 3 fully saturated rings. The second-order valence-corrected chi connectivity index (χ2v) is 10.4. The molecule has 0 N–H and O–H groups in total. The van der Waals surface area contributed by atoms with Gasteiger partial charge < -0.3 is 9.80 Å². The standard InChI is InChI=1S/C22H33N3O2S/c1-15(2)8-9-22(21(27)24-10-4-5-11-24)13-18-6-7-19(22)25(18)20(26)12-17-14-28-16(3)23-17/h14-15,18-19H,4-13H2,1-3H3/t18-,19+,22+/m1/s1. The van der Waals surface area contributed by atoms with E-state index in [2.05, 4.69) is 28.6 Å². The molecule has 5 nitrogen and oxygen atoms in total. The molecule has 2 amide bonds. The molecule has 4 rings (SSSR count). The third kappa shape index (κ3) is 3.49. The highest BCUT2D eigenvalue weighted by Gasteiger charge is 2.61. The predicted octanol–water partition coefficient (Wildman–Crippen LogP) is 3.80. The first kappa shape index (κ1) is 19.9. The Morgan fingerprint density at radius 1 is 1.29 bits per heavy atom. The van der Waals surface area contributed by atoms with Crippen LogP contribution in [0.1, 0.15) is 69.5 Å². The quantitative estimate of drug-likeness (QED) is 0.726. The van der Waals surface area contributed by atoms with Gasteiger partial charge in [-0.1, -0.05) is 13.8 Å². The van der Waals surface area contributed by atoms with Crippen molar-refractivity contribution in [2.24, 2.45) is 11.3 Å². The normalized spacial score (nSPS) is 29.3. The Bertz CT molecular complexity index is 740. The van der Waals surface area contributed by atoms with E-state index >= 15 is 0 Å². The maximum absolute atomic E-state index is 13.7. The summed E-state index contributed by atoms with van der Waals surface area (Å²) in [5.74, 6) is 1.07. The van der Waals surface area contributed by atoms with Crippen molar-refractivity contribution in [2.75, 3.05) is 13.1 Å². The number of hydrogen-bond acceptors (Lipinski definition) is 4. The Hall–Kier alpha value is -1.43. The Balaban J connectivity index is 1.57. The number of thiazole rings is 1. The van der Waals surface area contributed by atoms with Crippen molar-refractivity contribution in [1.29, 1.82) is 0 Å². The van der Waals surface area contributed by atoms with E-state index in [-0.39, 0.29) is 23.4 Å². The number of aryl methyl sites for hydroxylation is 1. The number of carbonyl (C=O) groups excluding carboxylic acids is 2. The zero-order valence-corrected chi connectivity index (χ0v) is 18.3. The molecule has 0 aromatic carbocycles. The summed E-state index contributed by atoms with van der Waals surface area (Å²) in [5, 5.41) is 3.00. The second kappa shape index (κ2) is 7.77. The molecule has 3 aliphatic rings. The molecule has 0 aliphatic carbocycles. The van der Waals surface area contributed by atoms with Gasteiger partial charge in [0.1, 0.15) is 0 Å². The largest absolute Gasteiger partial charge is 0.342 e. The zero-order valence-electron chi connectivity index (χ0n) is 17.4. The summed E-state index contributed by atoms with van der Waals surface area (Å²) in [5.41, 5.74) is 0.517. The number of carbonyl (C=O) groups is 2. The number of nitrogens with zero attached hydrogens (tertiary/aromatic N) is 3. The zero-order chi connectivity index (χ0) is 19.9. The van der Waals surface area contributed by atoms with E-state index < -0.39 is 0 Å². The number of amides is 2. The van der Waals surface area contributed by atoms with Crippen molar-refractivity contribution >= 4 is 23.2 Å². The summed E-state index contributed by atoms with van der Waals surface area (Å²) in [6, 6.07) is 0.313. The SMILES string of the molecule is Cc1nc(CC(=O)N2[C@@H]3CC[C@H]2[C@@](CCC(C)C)(C(=O)N2CCCC2)C3)cs1. The lowest BCUT2D eigenvalue weighted by atomic mass is 9.69. The van der Waals surface area contributed by atoms with Gasteiger partial charge in [-0.2, -0.15) is 0 Å². The molecule has 3 atom stereocenters. The topological polar surface area (TPSA) is 53.5 Å². The van der Waals surface area contributed by atoms with Gasteiger partial charge in [0.15, 0.2) is 0 Å². The summed E-state index contributed by atoms with van der Waals surface area (Å²) in [4.78, 5) is 35.6. The van der Waals surface area contributed by atoms with E-state index in [0.717, 1.165) is 68.7 Å². The van der Waals surface area contributed by atoms with Gasteiger partial charge in [-0.25, -0.2) is 4.98 Å². The van der Waals surface area contributed by atoms with Gasteiger partial charge in [-0.05, 0) is 57.8 Å². The fraction of sp³-hybridized carbons (Fsp3) is 0.773. The minimum atomic E-state index is -0.356. The third-order valence-corrected chi connectivity index (χ3v) is 7.84. The molecule has 0 unspecified atom stereocenters. The molecule has 154 valence electrons. The van der Waals surface area contributed by atoms with Crippen molar-refractivity contribution in [3.63, 3.8) is 0 Å². The highest BCUT2D eigenvalue weighted by atomic mass is 32.1. The van der Waals surface area contributed by atoms with Gasteiger partial charge >= 0.3 is 0 Å². The first-order valence-electron chi connectivity index (χ1n) is 10.9. The lowest BCUT2D eigenvalue weighted by molar-refractivity contribution is -0.145. The first-order valence-corrected chi connectivity index (χ1v) is 11.8. The summed E-state index contributed by atoms with van der Waals surface area (Å²) < 4.78 is 0. The Kier molecular flexibility index (Phi) is 5.51. The number of fused-ring (bicyclic) bond motifs is 2. The average molecular weight is 404 g/mol. The number of likely N-dealkylation sites (tertiary alicyclic amines) is 1. The Morgan fingerprint density at radius 3 is 2.68 bits per heavy atom. The van der Waals surface area contributed by atoms with E-state index in [4.69, 9.17) is 0 Å². The van der Waals surface area contributed by atoms with Crippen molar-refractivity contribution in [1.82, 2.24) is 14.8 Å². The van der Waals surface area contributed by atoms with E-state index in [1.807, 2.05) is 12.3 Å². The van der Waals surface area contributed by atoms with E-state index in [1.165, 1.54) is 0 Å². The lowest BCUT2D eigenvalue weighted by Gasteiger charge is -2.39. The molecular weight excluding hydrogens is 370 g/mol. The molecule has 4 heterocycles. The molecule has 2 bridgehead atoms. The van der Waals surface area contributed by atoms with E-state index in [9.17, 15) is 9.59 Å². The molecule has 6 heteroatoms. The molecule has 0 spiro atoms. The molecule has 1 aromatic rings. The molecule has 1 aromatic heterocycles. The van der Waals surface area contributed by atoms with Crippen LogP contribution in [-0.2, 0) is 16.0 Å². The van der Waals surface area contributed by atoms with Crippen LogP contribution < -0.4 is 0 Å². The number of hydrogen-bond donors (Lipinski definition) is 0. The van der Waals surface area contributed by atoms with Crippen LogP contribution in [0.15, 0.2) is 5.38 Å². The van der Waals surface area contributed by atoms with Crippen LogP contribution in [0, 0.1) is 18.3 Å². The molecule has 0 radical (unpaired) electrons. The molecule has 3 aliphatic heterocycles. The maximum Gasteiger partial charge on any atom is 0.230 e. The monoisotopic (exact) mass is 403 g/mol. The van der Waals surface area contributed by atoms with Crippen LogP contribution in [-0.4, -0.2) is 51.8 Å². The minimum absolute atomic E-state index is 0.0802. The third-order valence-electron chi connectivity index (χ3n) is 7.01. The first-order chi connectivity index (χ1) is 13.4. The Morgan fingerprint density at radius 2 is 2.04 bits per heavy atom. The highest BCUT2D eigenvalue weighted by Crippen LogP contribution is 2.54. The Labute approximate surface area is 172 Å². The van der Waals surface area contributed by atoms with Crippen LogP contribution in [0.25, 0.3) is 0 Å². The number of rotatable bonds is 6. The van der Waals surface area contributed by atoms with E-state index in [1.54, 1.807) is 11.3 Å². The van der Waals surface area contributed by atoms with Crippen LogP contribution in [0.3, 0.4) is 0 Å². The average Bonchev–Trinajstić information content (AvgIpc) is 3.43. The molecular formula is C22H33N3O2S. The molecule has 28 heavy (non-hydrogen) atoms. The van der Waals surface area contributed by atoms with Gasteiger partial charge in [0.25, 0.3) is 0 Å². The van der Waals surface area contributed by atoms with Gasteiger partial charge in [0.2, 0.25) is 11.8 Å². The van der Waals surface area contributed by atoms with Crippen molar-refractivity contribution < 1.29 is 9.59 Å². The van der Waals surface area contributed by atoms with E-state index in [0.29, 0.717) is 18.2 Å². The predicted molar refractivity (Wildman–Crippen MR) is 111 cm³/mol. The summed E-state index contributed by atoms with van der Waals surface area (Å²) in [7, 11) is 0. The summed E-state index contributed by atoms with van der Waals surface area (Å²) >= 11 is 1.60. The fourth-order valence-corrected chi connectivity index (χ4v) is 6.29. The molecule has 3 saturated heterocycles. The van der Waals surface area contributed by atoms with Crippen molar-refractivity contribution in [3.05, 3.63) is 16.1 Å². The van der Waals surface area contributed by atoms with Gasteiger partial charge in [-0.3, -0.25) is 9.59 Å². The minimum Gasteiger partial charge on any atom is -0.342 e. The van der Waals surface area contributed by atoms with Crippen LogP contribution in [0.5, 0.6) is 0 Å². The van der Waals surface area contributed by atoms with Crippen LogP contribution in [0.2, 0.25) is 0 Å². The van der Waals surface area contributed by atoms with Gasteiger partial charge in [-0.15, -0.1) is 11.3 Å². The summed E-state index contributed by atoms with van der Waals surface area (Å²) in [6.45, 7) is 8.23.